The molecule has 0 amide bonds. The van der Waals surface area contributed by atoms with Gasteiger partial charge in [0.2, 0.25) is 5.95 Å². The van der Waals surface area contributed by atoms with Crippen molar-refractivity contribution in [3.05, 3.63) is 84.7 Å². The normalized spacial score (nSPS) is 29.5. The Kier molecular flexibility index (Phi) is 15.7. The van der Waals surface area contributed by atoms with Crippen molar-refractivity contribution in [2.45, 2.75) is 106 Å². The third-order valence-corrected chi connectivity index (χ3v) is 16.0. The summed E-state index contributed by atoms with van der Waals surface area (Å²) in [7, 11) is -16.6. The first-order chi connectivity index (χ1) is 37.4. The molecule has 0 aliphatic carbocycles. The number of ether oxygens (including phenoxy) is 4. The molecule has 4 saturated heterocycles. The zero-order valence-corrected chi connectivity index (χ0v) is 43.3. The zero-order valence-electron chi connectivity index (χ0n) is 40.7. The maximum Gasteiger partial charge on any atom is 0.351 e. The Balaban J connectivity index is 0.843. The van der Waals surface area contributed by atoms with Crippen LogP contribution in [0.3, 0.4) is 0 Å². The first kappa shape index (κ1) is 56.2. The number of nitrogens with one attached hydrogen (secondary N) is 2. The Morgan fingerprint density at radius 2 is 1.18 bits per heavy atom. The number of aromatic amines is 2. The molecule has 4 aliphatic rings. The average Bonchev–Trinajstić information content (AvgIpc) is 4.36. The van der Waals surface area contributed by atoms with Crippen LogP contribution in [0.15, 0.2) is 56.6 Å². The van der Waals surface area contributed by atoms with Gasteiger partial charge in [0.05, 0.1) is 63.5 Å². The molecule has 6 aromatic heterocycles. The molecule has 6 aromatic rings. The molecule has 3 unspecified atom stereocenters. The van der Waals surface area contributed by atoms with Crippen molar-refractivity contribution in [1.29, 1.82) is 0 Å². The van der Waals surface area contributed by atoms with Crippen molar-refractivity contribution < 1.29 is 84.7 Å². The van der Waals surface area contributed by atoms with Crippen molar-refractivity contribution >= 4 is 63.4 Å². The van der Waals surface area contributed by atoms with Gasteiger partial charge in [-0.15, -0.1) is 0 Å². The van der Waals surface area contributed by atoms with Crippen molar-refractivity contribution in [3.8, 4) is 0 Å². The number of fused-ring (bicyclic) bond motifs is 2. The molecular formula is C39H47N15O22P3-3. The standard InChI is InChI=1S/C39H50N15O22P3/c1-16-8-52(39(60)50-35(16)57)27-5-18(21(9-55)70-27)74-78(63,64)68-12-24-20(7-29(73-24)54-15-46-31-34(54)48-37(42)49-36(31)58)76-79(65,66)69-11-23-19(6-28(72-23)53-14-45-30-32(41)43-13-44-33(30)53)75-77(61,62)67-10-22-17(56)4-26(71-22)51-3-2-25(40)47-38(51)59/h2-3,8,13-15,17-24,26-29,55-56H,4-7,9-12H2,1H3,(H,61,62)(H,63,64)(H,65,66)(H2,40,47,59)(H2,41,43,44)(H,50,57,60)(H3,42,48,49,58)/p-3/t17-,18-,19-,20-,21-,22-,23-,24-,26-,27-,28-,29-/m1/s1. The quantitative estimate of drug-likeness (QED) is 0.0358. The van der Waals surface area contributed by atoms with E-state index >= 15 is 0 Å². The predicted molar refractivity (Wildman–Crippen MR) is 254 cm³/mol. The molecule has 79 heavy (non-hydrogen) atoms. The molecule has 0 radical (unpaired) electrons. The van der Waals surface area contributed by atoms with Crippen molar-refractivity contribution in [3.63, 3.8) is 0 Å². The van der Waals surface area contributed by atoms with Crippen molar-refractivity contribution in [1.82, 2.24) is 58.1 Å². The minimum absolute atomic E-state index is 0.0136. The lowest BCUT2D eigenvalue weighted by molar-refractivity contribution is -0.238. The summed E-state index contributed by atoms with van der Waals surface area (Å²) in [6.45, 7) is -2.21. The SMILES string of the molecule is Cc1cn([C@H]2C[C@@H](OP(=O)([O-])OC[C@H]3O[C@@H](n4cnc5c(=O)[nH]c(N)nc54)C[C@H]3OP(=O)([O-])OC[C@H]3O[C@@H](n4cnc5c(N)ncnc54)C[C@H]3OP(=O)([O-])OC[C@H]3O[C@@H](n4ccc(N)nc4=O)C[C@H]3O)[C@@H](CO)O2)c(=O)[nH]c1=O. The molecule has 37 nitrogen and oxygen atoms in total. The van der Waals surface area contributed by atoms with E-state index < -0.39 is 153 Å². The van der Waals surface area contributed by atoms with Gasteiger partial charge in [-0.3, -0.25) is 51.5 Å². The van der Waals surface area contributed by atoms with Crippen LogP contribution in [0.2, 0.25) is 0 Å². The van der Waals surface area contributed by atoms with E-state index in [2.05, 4.69) is 39.9 Å². The van der Waals surface area contributed by atoms with Crippen LogP contribution in [0.1, 0.15) is 56.2 Å². The molecule has 4 fully saturated rings. The Labute approximate surface area is 439 Å². The van der Waals surface area contributed by atoms with Crippen LogP contribution < -0.4 is 54.4 Å². The van der Waals surface area contributed by atoms with E-state index in [1.54, 1.807) is 0 Å². The van der Waals surface area contributed by atoms with Gasteiger partial charge in [0.15, 0.2) is 22.6 Å². The number of nitrogens with two attached hydrogens (primary N) is 3. The lowest BCUT2D eigenvalue weighted by Crippen LogP contribution is -2.34. The second-order valence-corrected chi connectivity index (χ2v) is 22.3. The maximum absolute atomic E-state index is 13.9. The van der Waals surface area contributed by atoms with Gasteiger partial charge in [0.1, 0.15) is 67.0 Å². The second kappa shape index (κ2) is 22.1. The number of phosphoric ester groups is 3. The van der Waals surface area contributed by atoms with Gasteiger partial charge in [0, 0.05) is 43.6 Å². The van der Waals surface area contributed by atoms with Crippen LogP contribution in [0, 0.1) is 6.92 Å². The van der Waals surface area contributed by atoms with Gasteiger partial charge in [-0.2, -0.15) is 9.97 Å². The molecule has 4 aliphatic heterocycles. The summed E-state index contributed by atoms with van der Waals surface area (Å²) in [5.41, 5.74) is 14.3. The zero-order chi connectivity index (χ0) is 56.3. The number of nitrogen functional groups attached to an aromatic ring is 3. The minimum Gasteiger partial charge on any atom is -0.756 e. The van der Waals surface area contributed by atoms with E-state index in [9.17, 15) is 57.8 Å². The van der Waals surface area contributed by atoms with Crippen molar-refractivity contribution in [2.24, 2.45) is 0 Å². The lowest BCUT2D eigenvalue weighted by atomic mass is 10.2. The highest BCUT2D eigenvalue weighted by atomic mass is 31.2. The van der Waals surface area contributed by atoms with Gasteiger partial charge >= 0.3 is 11.4 Å². The second-order valence-electron chi connectivity index (χ2n) is 18.2. The number of imidazole rings is 2. The molecule has 10 rings (SSSR count). The molecule has 0 spiro atoms. The number of aryl methyl sites for hydroxylation is 1. The lowest BCUT2D eigenvalue weighted by Gasteiger charge is -2.32. The summed E-state index contributed by atoms with van der Waals surface area (Å²) < 4.78 is 101. The number of phosphoric acid groups is 3. The fourth-order valence-electron chi connectivity index (χ4n) is 9.21. The summed E-state index contributed by atoms with van der Waals surface area (Å²) in [4.78, 5) is 119. The summed E-state index contributed by atoms with van der Waals surface area (Å²) in [6.07, 6.45) is -12.0. The molecule has 0 aromatic carbocycles. The largest absolute Gasteiger partial charge is 0.756 e. The Bertz CT molecular complexity index is 3650. The minimum atomic E-state index is -5.65. The Hall–Kier alpha value is -6.05. The first-order valence-electron chi connectivity index (χ1n) is 23.6. The van der Waals surface area contributed by atoms with E-state index in [-0.39, 0.29) is 64.7 Å². The number of rotatable bonds is 20. The maximum atomic E-state index is 13.9. The third kappa shape index (κ3) is 12.2. The molecule has 10 N–H and O–H groups in total. The van der Waals surface area contributed by atoms with E-state index in [4.69, 9.17) is 63.3 Å². The summed E-state index contributed by atoms with van der Waals surface area (Å²) >= 11 is 0. The van der Waals surface area contributed by atoms with Gasteiger partial charge < -0.3 is 88.2 Å². The number of hydrogen-bond donors (Lipinski definition) is 7. The van der Waals surface area contributed by atoms with E-state index in [0.29, 0.717) is 0 Å². The summed E-state index contributed by atoms with van der Waals surface area (Å²) in [5, 5.41) is 20.7. The molecule has 0 saturated carbocycles. The predicted octanol–water partition coefficient (Wildman–Crippen LogP) is -4.06. The van der Waals surface area contributed by atoms with Crippen LogP contribution in [0.25, 0.3) is 22.3 Å². The Morgan fingerprint density at radius 1 is 0.658 bits per heavy atom. The molecule has 15 atom stereocenters. The summed E-state index contributed by atoms with van der Waals surface area (Å²) in [6, 6.07) is 1.32. The van der Waals surface area contributed by atoms with Crippen LogP contribution in [-0.4, -0.2) is 144 Å². The number of nitrogens with zero attached hydrogens (tertiary/aromatic N) is 10. The van der Waals surface area contributed by atoms with E-state index in [1.807, 2.05) is 0 Å². The van der Waals surface area contributed by atoms with Crippen LogP contribution >= 0.6 is 23.5 Å². The molecule has 0 bridgehead atoms. The van der Waals surface area contributed by atoms with Gasteiger partial charge in [-0.1, -0.05) is 0 Å². The number of aliphatic hydroxyl groups excluding tert-OH is 2. The van der Waals surface area contributed by atoms with Gasteiger partial charge in [-0.05, 0) is 13.0 Å². The number of hydrogen-bond acceptors (Lipinski definition) is 31. The van der Waals surface area contributed by atoms with Crippen LogP contribution in [-0.2, 0) is 59.8 Å². The number of anilines is 3. The smallest absolute Gasteiger partial charge is 0.351 e. The Morgan fingerprint density at radius 3 is 1.77 bits per heavy atom. The van der Waals surface area contributed by atoms with Gasteiger partial charge in [0.25, 0.3) is 34.6 Å². The number of aromatic nitrogens is 12. The number of H-pyrrole nitrogens is 2. The van der Waals surface area contributed by atoms with Gasteiger partial charge in [-0.25, -0.2) is 29.5 Å². The van der Waals surface area contributed by atoms with E-state index in [1.165, 1.54) is 40.8 Å². The highest BCUT2D eigenvalue weighted by molar-refractivity contribution is 7.46. The third-order valence-electron chi connectivity index (χ3n) is 13.0. The van der Waals surface area contributed by atoms with E-state index in [0.717, 1.165) is 21.8 Å². The topological polar surface area (TPSA) is 528 Å². The highest BCUT2D eigenvalue weighted by Crippen LogP contribution is 2.51. The fourth-order valence-corrected chi connectivity index (χ4v) is 12.0. The van der Waals surface area contributed by atoms with Crippen LogP contribution in [0.5, 0.6) is 0 Å². The highest BCUT2D eigenvalue weighted by Gasteiger charge is 2.45. The molecule has 10 heterocycles. The molecular weight excluding hydrogens is 1120 g/mol. The average molecular weight is 1170 g/mol. The number of aliphatic hydroxyl groups is 2. The van der Waals surface area contributed by atoms with Crippen LogP contribution in [0.4, 0.5) is 17.6 Å². The molecule has 428 valence electrons. The molecule has 40 heteroatoms. The monoisotopic (exact) mass is 1170 g/mol. The fraction of sp³-hybridized carbons (Fsp3) is 0.538. The summed E-state index contributed by atoms with van der Waals surface area (Å²) in [5.74, 6) is -0.408. The first-order valence-corrected chi connectivity index (χ1v) is 28.0. The van der Waals surface area contributed by atoms with Crippen molar-refractivity contribution in [2.75, 3.05) is 43.6 Å².